The van der Waals surface area contributed by atoms with Crippen molar-refractivity contribution in [3.63, 3.8) is 0 Å². The van der Waals surface area contributed by atoms with Gasteiger partial charge in [0.05, 0.1) is 12.7 Å². The maximum atomic E-state index is 11.8. The van der Waals surface area contributed by atoms with Crippen LogP contribution in [0.15, 0.2) is 30.0 Å². The first-order valence-electron chi connectivity index (χ1n) is 5.67. The predicted octanol–water partition coefficient (Wildman–Crippen LogP) is 0.826. The number of hydrogen-bond acceptors (Lipinski definition) is 4. The molecule has 0 saturated heterocycles. The molecule has 0 aliphatic carbocycles. The van der Waals surface area contributed by atoms with Gasteiger partial charge in [-0.1, -0.05) is 6.07 Å². The van der Waals surface area contributed by atoms with E-state index in [1.165, 1.54) is 17.7 Å². The fourth-order valence-electron chi connectivity index (χ4n) is 1.63. The van der Waals surface area contributed by atoms with E-state index in [1.54, 1.807) is 6.20 Å². The topological polar surface area (TPSA) is 95.1 Å². The zero-order chi connectivity index (χ0) is 13.7. The molecule has 19 heavy (non-hydrogen) atoms. The summed E-state index contributed by atoms with van der Waals surface area (Å²) in [5.41, 5.74) is 0.670. The number of aromatic nitrogens is 2. The van der Waals surface area contributed by atoms with Crippen molar-refractivity contribution in [3.8, 4) is 0 Å². The van der Waals surface area contributed by atoms with Crippen molar-refractivity contribution in [1.82, 2.24) is 15.3 Å². The highest BCUT2D eigenvalue weighted by Crippen LogP contribution is 2.09. The normalized spacial score (nSPS) is 12.0. The summed E-state index contributed by atoms with van der Waals surface area (Å²) in [5.74, 6) is -1.36. The van der Waals surface area contributed by atoms with Crippen LogP contribution in [0.1, 0.15) is 10.6 Å². The van der Waals surface area contributed by atoms with Gasteiger partial charge in [-0.3, -0.25) is 4.79 Å². The molecule has 1 atom stereocenters. The van der Waals surface area contributed by atoms with Gasteiger partial charge in [0.25, 0.3) is 0 Å². The molecule has 3 N–H and O–H groups in total. The highest BCUT2D eigenvalue weighted by Gasteiger charge is 2.21. The molecule has 0 radical (unpaired) electrons. The molecular weight excluding hydrogens is 266 g/mol. The number of imidazole rings is 1. The van der Waals surface area contributed by atoms with Crippen LogP contribution in [0.4, 0.5) is 0 Å². The number of rotatable bonds is 6. The summed E-state index contributed by atoms with van der Waals surface area (Å²) in [7, 11) is 0. The summed E-state index contributed by atoms with van der Waals surface area (Å²) < 4.78 is 0. The number of hydrogen-bond donors (Lipinski definition) is 3. The van der Waals surface area contributed by atoms with Gasteiger partial charge in [-0.2, -0.15) is 0 Å². The summed E-state index contributed by atoms with van der Waals surface area (Å²) in [6, 6.07) is 2.74. The number of carboxylic acids is 1. The number of aliphatic carboxylic acids is 1. The van der Waals surface area contributed by atoms with E-state index in [2.05, 4.69) is 15.3 Å². The molecule has 0 aromatic carbocycles. The Balaban J connectivity index is 1.93. The number of carboxylic acid groups (broad SMARTS) is 1. The highest BCUT2D eigenvalue weighted by atomic mass is 32.1. The van der Waals surface area contributed by atoms with Crippen molar-refractivity contribution in [1.29, 1.82) is 0 Å². The van der Waals surface area contributed by atoms with Crippen LogP contribution in [-0.4, -0.2) is 33.0 Å². The number of carbonyl (C=O) groups excluding carboxylic acids is 1. The molecule has 2 aromatic rings. The molecule has 0 aliphatic rings. The van der Waals surface area contributed by atoms with Crippen LogP contribution >= 0.6 is 11.3 Å². The van der Waals surface area contributed by atoms with E-state index in [-0.39, 0.29) is 18.7 Å². The van der Waals surface area contributed by atoms with Gasteiger partial charge >= 0.3 is 5.97 Å². The minimum absolute atomic E-state index is 0.186. The summed E-state index contributed by atoms with van der Waals surface area (Å²) in [6.45, 7) is 0. The maximum Gasteiger partial charge on any atom is 0.326 e. The Morgan fingerprint density at radius 3 is 2.95 bits per heavy atom. The molecule has 2 rings (SSSR count). The van der Waals surface area contributed by atoms with E-state index < -0.39 is 12.0 Å². The number of nitrogens with zero attached hydrogens (tertiary/aromatic N) is 1. The predicted molar refractivity (Wildman–Crippen MR) is 69.9 cm³/mol. The lowest BCUT2D eigenvalue weighted by Crippen LogP contribution is -2.43. The lowest BCUT2D eigenvalue weighted by Gasteiger charge is -2.13. The zero-order valence-electron chi connectivity index (χ0n) is 10.00. The molecule has 7 heteroatoms. The van der Waals surface area contributed by atoms with Crippen LogP contribution < -0.4 is 5.32 Å². The molecule has 2 heterocycles. The van der Waals surface area contributed by atoms with Gasteiger partial charge in [-0.25, -0.2) is 9.78 Å². The summed E-state index contributed by atoms with van der Waals surface area (Å²) in [4.78, 5) is 30.4. The standard InChI is InChI=1S/C12H13N3O3S/c16-11(5-9-2-1-3-19-9)15-10(12(17)18)4-8-6-13-7-14-8/h1-3,6-7,10H,4-5H2,(H,13,14)(H,15,16)(H,17,18)/t10-/m1/s1. The van der Waals surface area contributed by atoms with Crippen molar-refractivity contribution in [2.45, 2.75) is 18.9 Å². The number of H-pyrrole nitrogens is 1. The van der Waals surface area contributed by atoms with E-state index in [0.29, 0.717) is 5.69 Å². The fourth-order valence-corrected chi connectivity index (χ4v) is 2.34. The third-order valence-electron chi connectivity index (χ3n) is 2.53. The van der Waals surface area contributed by atoms with Crippen LogP contribution in [-0.2, 0) is 22.4 Å². The number of amides is 1. The average molecular weight is 279 g/mol. The fraction of sp³-hybridized carbons (Fsp3) is 0.250. The van der Waals surface area contributed by atoms with E-state index in [4.69, 9.17) is 5.11 Å². The van der Waals surface area contributed by atoms with Crippen LogP contribution in [0.2, 0.25) is 0 Å². The second-order valence-corrected chi connectivity index (χ2v) is 5.03. The summed E-state index contributed by atoms with van der Waals surface area (Å²) in [5, 5.41) is 13.5. The maximum absolute atomic E-state index is 11.8. The van der Waals surface area contributed by atoms with Gasteiger partial charge in [-0.05, 0) is 11.4 Å². The van der Waals surface area contributed by atoms with Crippen LogP contribution in [0.5, 0.6) is 0 Å². The van der Waals surface area contributed by atoms with Crippen molar-refractivity contribution >= 4 is 23.2 Å². The van der Waals surface area contributed by atoms with Gasteiger partial charge in [0.15, 0.2) is 0 Å². The monoisotopic (exact) mass is 279 g/mol. The molecule has 6 nitrogen and oxygen atoms in total. The molecule has 2 aromatic heterocycles. The van der Waals surface area contributed by atoms with E-state index in [0.717, 1.165) is 4.88 Å². The number of thiophene rings is 1. The van der Waals surface area contributed by atoms with Gasteiger partial charge in [0, 0.05) is 23.2 Å². The van der Waals surface area contributed by atoms with E-state index >= 15 is 0 Å². The minimum atomic E-state index is -1.06. The van der Waals surface area contributed by atoms with Crippen molar-refractivity contribution < 1.29 is 14.7 Å². The van der Waals surface area contributed by atoms with Crippen molar-refractivity contribution in [3.05, 3.63) is 40.6 Å². The smallest absolute Gasteiger partial charge is 0.326 e. The largest absolute Gasteiger partial charge is 0.480 e. The lowest BCUT2D eigenvalue weighted by atomic mass is 10.1. The number of nitrogens with one attached hydrogen (secondary N) is 2. The van der Waals surface area contributed by atoms with Gasteiger partial charge < -0.3 is 15.4 Å². The Bertz CT molecular complexity index is 537. The Kier molecular flexibility index (Phi) is 4.30. The molecule has 0 aliphatic heterocycles. The summed E-state index contributed by atoms with van der Waals surface area (Å²) in [6.07, 6.45) is 3.40. The molecule has 0 bridgehead atoms. The SMILES string of the molecule is O=C(Cc1cccs1)N[C@H](Cc1cnc[nH]1)C(=O)O. The third-order valence-corrected chi connectivity index (χ3v) is 3.40. The Morgan fingerprint density at radius 1 is 1.53 bits per heavy atom. The highest BCUT2D eigenvalue weighted by molar-refractivity contribution is 7.10. The lowest BCUT2D eigenvalue weighted by molar-refractivity contribution is -0.141. The number of aromatic amines is 1. The zero-order valence-corrected chi connectivity index (χ0v) is 10.8. The van der Waals surface area contributed by atoms with E-state index in [9.17, 15) is 9.59 Å². The average Bonchev–Trinajstić information content (AvgIpc) is 3.00. The van der Waals surface area contributed by atoms with Gasteiger partial charge in [0.2, 0.25) is 5.91 Å². The second kappa shape index (κ2) is 6.14. The van der Waals surface area contributed by atoms with Gasteiger partial charge in [-0.15, -0.1) is 11.3 Å². The first-order chi connectivity index (χ1) is 9.15. The van der Waals surface area contributed by atoms with Crippen molar-refractivity contribution in [2.75, 3.05) is 0 Å². The van der Waals surface area contributed by atoms with E-state index in [1.807, 2.05) is 17.5 Å². The molecule has 100 valence electrons. The first kappa shape index (κ1) is 13.3. The molecule has 0 unspecified atom stereocenters. The third kappa shape index (κ3) is 3.92. The second-order valence-electron chi connectivity index (χ2n) is 4.00. The molecule has 0 spiro atoms. The quantitative estimate of drug-likeness (QED) is 0.729. The van der Waals surface area contributed by atoms with Crippen LogP contribution in [0, 0.1) is 0 Å². The Labute approximate surface area is 113 Å². The number of carbonyl (C=O) groups is 2. The molecule has 1 amide bonds. The molecular formula is C12H13N3O3S. The first-order valence-corrected chi connectivity index (χ1v) is 6.55. The summed E-state index contributed by atoms with van der Waals surface area (Å²) >= 11 is 1.47. The van der Waals surface area contributed by atoms with Crippen LogP contribution in [0.3, 0.4) is 0 Å². The minimum Gasteiger partial charge on any atom is -0.480 e. The Hall–Kier alpha value is -2.15. The molecule has 0 fully saturated rings. The van der Waals surface area contributed by atoms with Crippen molar-refractivity contribution in [2.24, 2.45) is 0 Å². The van der Waals surface area contributed by atoms with Gasteiger partial charge in [0.1, 0.15) is 6.04 Å². The Morgan fingerprint density at radius 2 is 2.37 bits per heavy atom. The molecule has 0 saturated carbocycles. The van der Waals surface area contributed by atoms with Crippen LogP contribution in [0.25, 0.3) is 0 Å².